The summed E-state index contributed by atoms with van der Waals surface area (Å²) in [6.07, 6.45) is 5.35. The summed E-state index contributed by atoms with van der Waals surface area (Å²) in [5, 5.41) is 2.28. The minimum atomic E-state index is -1.57. The molecule has 0 unspecified atom stereocenters. The van der Waals surface area contributed by atoms with Crippen LogP contribution in [0, 0.1) is 7.43 Å². The normalized spacial score (nSPS) is 9.95. The second kappa shape index (κ2) is 9.02. The van der Waals surface area contributed by atoms with Crippen molar-refractivity contribution in [2.45, 2.75) is 6.92 Å². The Kier molecular flexibility index (Phi) is 7.71. The third-order valence-corrected chi connectivity index (χ3v) is 4.32. The van der Waals surface area contributed by atoms with Crippen molar-refractivity contribution in [1.29, 1.82) is 0 Å². The summed E-state index contributed by atoms with van der Waals surface area (Å²) in [7, 11) is 10.7. The van der Waals surface area contributed by atoms with E-state index in [2.05, 4.69) is 38.5 Å². The van der Waals surface area contributed by atoms with E-state index in [1.54, 1.807) is 18.5 Å². The molecule has 0 fully saturated rings. The van der Waals surface area contributed by atoms with Crippen LogP contribution in [0.3, 0.4) is 0 Å². The number of nitrogens with zero attached hydrogens (tertiary/aromatic N) is 2. The molecule has 0 radical (unpaired) electrons. The van der Waals surface area contributed by atoms with Crippen LogP contribution in [0.4, 0.5) is 0 Å². The number of fused-ring (bicyclic) bond motifs is 3. The molecule has 0 bridgehead atoms. The summed E-state index contributed by atoms with van der Waals surface area (Å²) in [6, 6.07) is 12.1. The molecule has 0 amide bonds. The van der Waals surface area contributed by atoms with Crippen molar-refractivity contribution < 1.29 is 13.5 Å². The molecule has 0 aliphatic heterocycles. The van der Waals surface area contributed by atoms with Crippen LogP contribution in [-0.2, 0) is 13.5 Å². The van der Waals surface area contributed by atoms with Crippen molar-refractivity contribution in [3.05, 3.63) is 62.3 Å². The molecule has 0 spiro atoms. The Morgan fingerprint density at radius 1 is 0.952 bits per heavy atom. The quantitative estimate of drug-likeness (QED) is 0.294. The Morgan fingerprint density at radius 3 is 1.76 bits per heavy atom. The Morgan fingerprint density at radius 2 is 1.43 bits per heavy atom. The summed E-state index contributed by atoms with van der Waals surface area (Å²) >= 11 is -1.57. The van der Waals surface area contributed by atoms with Gasteiger partial charge in [0, 0.05) is 23.2 Å². The molecule has 3 aromatic rings. The average molecular weight is 407 g/mol. The van der Waals surface area contributed by atoms with E-state index in [1.165, 1.54) is 0 Å². The predicted octanol–water partition coefficient (Wildman–Crippen LogP) is 5.12. The zero-order valence-electron chi connectivity index (χ0n) is 11.7. The van der Waals surface area contributed by atoms with Gasteiger partial charge >= 0.3 is 50.2 Å². The summed E-state index contributed by atoms with van der Waals surface area (Å²) in [5.74, 6) is 0. The zero-order chi connectivity index (χ0) is 14.4. The van der Waals surface area contributed by atoms with Gasteiger partial charge in [0.05, 0.1) is 11.0 Å². The third kappa shape index (κ3) is 4.98. The molecule has 0 saturated heterocycles. The number of aromatic nitrogens is 2. The maximum absolute atomic E-state index is 5.34. The van der Waals surface area contributed by atoms with Crippen LogP contribution in [0.2, 0.25) is 0 Å². The average Bonchev–Trinajstić information content (AvgIpc) is 2.48. The van der Waals surface area contributed by atoms with E-state index < -0.39 is 13.5 Å². The number of halogens is 2. The fraction of sp³-hybridized carbons (Fsp3) is 0.0625. The van der Waals surface area contributed by atoms with Crippen LogP contribution in [0.15, 0.2) is 54.9 Å². The molecule has 112 valence electrons. The monoisotopic (exact) mass is 407 g/mol. The smallest absolute Gasteiger partial charge is 0.0964 e. The molecule has 0 saturated carbocycles. The van der Waals surface area contributed by atoms with Gasteiger partial charge in [0.15, 0.2) is 0 Å². The van der Waals surface area contributed by atoms with E-state index in [4.69, 9.17) is 19.4 Å². The third-order valence-electron chi connectivity index (χ3n) is 2.52. The van der Waals surface area contributed by atoms with Gasteiger partial charge in [-0.15, -0.1) is 0 Å². The number of hydrogen-bond acceptors (Lipinski definition) is 2. The minimum absolute atomic E-state index is 0. The molecule has 1 aromatic carbocycles. The van der Waals surface area contributed by atoms with E-state index in [1.807, 2.05) is 19.1 Å². The molecule has 21 heavy (non-hydrogen) atoms. The van der Waals surface area contributed by atoms with Crippen LogP contribution in [0.25, 0.3) is 21.8 Å². The summed E-state index contributed by atoms with van der Waals surface area (Å²) in [6.45, 7) is 1.85. The Bertz CT molecular complexity index is 737. The van der Waals surface area contributed by atoms with Gasteiger partial charge in [-0.05, 0) is 12.1 Å². The van der Waals surface area contributed by atoms with Crippen molar-refractivity contribution in [3.8, 4) is 0 Å². The number of benzene rings is 1. The van der Waals surface area contributed by atoms with E-state index >= 15 is 0 Å². The number of allylic oxidation sites excluding steroid dienone is 1. The standard InChI is InChI=1S/C12H8N2.C3H4.CH3.2ClH.Ru/c1-3-9-5-6-10-4-2-8-14-12(10)11(9)13-7-1;1-3-2;;;;/h1-8H;3H,1H3;1H3;2*1H;/q;;-1;;;+2/p-2. The number of hydrogen-bond donors (Lipinski definition) is 0. The first-order valence-corrected chi connectivity index (χ1v) is 11.2. The van der Waals surface area contributed by atoms with Crippen LogP contribution in [0.1, 0.15) is 6.92 Å². The molecule has 0 N–H and O–H groups in total. The van der Waals surface area contributed by atoms with Gasteiger partial charge in [0.25, 0.3) is 0 Å². The van der Waals surface area contributed by atoms with Crippen LogP contribution >= 0.6 is 19.4 Å². The van der Waals surface area contributed by atoms with Gasteiger partial charge in [-0.3, -0.25) is 9.97 Å². The van der Waals surface area contributed by atoms with E-state index in [0.717, 1.165) is 21.8 Å². The second-order valence-corrected chi connectivity index (χ2v) is 9.17. The van der Waals surface area contributed by atoms with Crippen molar-refractivity contribution in [2.75, 3.05) is 0 Å². The van der Waals surface area contributed by atoms with Crippen LogP contribution in [0.5, 0.6) is 0 Å². The summed E-state index contributed by atoms with van der Waals surface area (Å²) in [5.41, 5.74) is 1.95. The van der Waals surface area contributed by atoms with Gasteiger partial charge in [-0.25, -0.2) is 0 Å². The predicted molar refractivity (Wildman–Crippen MR) is 90.4 cm³/mol. The first kappa shape index (κ1) is 17.9. The van der Waals surface area contributed by atoms with Crippen molar-refractivity contribution in [2.24, 2.45) is 0 Å². The molecule has 5 heteroatoms. The zero-order valence-corrected chi connectivity index (χ0v) is 15.0. The fourth-order valence-electron chi connectivity index (χ4n) is 1.76. The van der Waals surface area contributed by atoms with Crippen molar-refractivity contribution >= 4 is 45.5 Å². The molecule has 0 aliphatic rings. The molecule has 0 aliphatic carbocycles. The minimum Gasteiger partial charge on any atom is -0.358 e. The van der Waals surface area contributed by atoms with Crippen LogP contribution in [-0.4, -0.2) is 14.2 Å². The van der Waals surface area contributed by atoms with Gasteiger partial charge < -0.3 is 7.43 Å². The largest absolute Gasteiger partial charge is 0.358 e. The number of pyridine rings is 2. The molecule has 2 nitrogen and oxygen atoms in total. The molecule has 3 rings (SSSR count). The fourth-order valence-corrected chi connectivity index (χ4v) is 3.05. The summed E-state index contributed by atoms with van der Waals surface area (Å²) < 4.78 is 2.76. The topological polar surface area (TPSA) is 25.8 Å². The van der Waals surface area contributed by atoms with Crippen LogP contribution < -0.4 is 0 Å². The SMILES string of the molecule is CC=[C]=[Ru]([Cl])[Cl].[CH3-].c1cnc2c(c1)ccc1cccnc12. The molecule has 2 aromatic heterocycles. The summed E-state index contributed by atoms with van der Waals surface area (Å²) in [4.78, 5) is 8.69. The van der Waals surface area contributed by atoms with Gasteiger partial charge in [-0.1, -0.05) is 24.3 Å². The van der Waals surface area contributed by atoms with Crippen molar-refractivity contribution in [1.82, 2.24) is 9.97 Å². The molecule has 0 atom stereocenters. The molecular weight excluding hydrogens is 392 g/mol. The van der Waals surface area contributed by atoms with Gasteiger partial charge in [0.1, 0.15) is 0 Å². The molecule has 2 heterocycles. The Labute approximate surface area is 137 Å². The van der Waals surface area contributed by atoms with E-state index in [0.29, 0.717) is 0 Å². The Hall–Kier alpha value is -1.11. The Balaban J connectivity index is 0.000000275. The molecular formula is C16H15Cl2N2Ru-. The van der Waals surface area contributed by atoms with Gasteiger partial charge in [0.2, 0.25) is 0 Å². The van der Waals surface area contributed by atoms with Crippen molar-refractivity contribution in [3.63, 3.8) is 0 Å². The van der Waals surface area contributed by atoms with Gasteiger partial charge in [-0.2, -0.15) is 0 Å². The number of rotatable bonds is 0. The maximum atomic E-state index is 5.34. The maximum Gasteiger partial charge on any atom is 0.0964 e. The van der Waals surface area contributed by atoms with E-state index in [9.17, 15) is 0 Å². The first-order valence-electron chi connectivity index (χ1n) is 5.85. The van der Waals surface area contributed by atoms with E-state index in [-0.39, 0.29) is 7.43 Å². The second-order valence-electron chi connectivity index (χ2n) is 3.79. The first-order chi connectivity index (χ1) is 9.72.